The van der Waals surface area contributed by atoms with Gasteiger partial charge >= 0.3 is 0 Å². The van der Waals surface area contributed by atoms with Crippen molar-refractivity contribution in [2.45, 2.75) is 12.8 Å². The number of carbonyl (C=O) groups is 1. The minimum absolute atomic E-state index is 0.0159. The molecule has 0 fully saturated rings. The Morgan fingerprint density at radius 1 is 1.22 bits per heavy atom. The summed E-state index contributed by atoms with van der Waals surface area (Å²) in [6.07, 6.45) is 6.34. The summed E-state index contributed by atoms with van der Waals surface area (Å²) in [6, 6.07) is 7.60. The first-order valence-electron chi connectivity index (χ1n) is 8.44. The van der Waals surface area contributed by atoms with E-state index < -0.39 is 0 Å². The lowest BCUT2D eigenvalue weighted by atomic mass is 10.1. The molecular formula is C18H20BrN7O. The molecule has 0 aliphatic rings. The number of aromatic nitrogens is 4. The van der Waals surface area contributed by atoms with E-state index in [-0.39, 0.29) is 5.91 Å². The van der Waals surface area contributed by atoms with Crippen LogP contribution in [0.25, 0.3) is 0 Å². The van der Waals surface area contributed by atoms with Crippen LogP contribution >= 0.6 is 15.9 Å². The second-order valence-corrected chi connectivity index (χ2v) is 6.67. The standard InChI is InChI=1S/C18H20BrN7O/c1-20-16(27)8-12-2-4-13(5-3-12)25-18-23-10-15(19)17(26-18)22-7-6-14-9-21-11-24-14/h2-5,9-11H,6-8H2,1H3,(H,20,27)(H,21,24)(H2,22,23,25,26). The molecule has 0 radical (unpaired) electrons. The molecule has 0 spiro atoms. The Hall–Kier alpha value is -2.94. The molecule has 0 aliphatic heterocycles. The summed E-state index contributed by atoms with van der Waals surface area (Å²) < 4.78 is 0.790. The molecule has 0 unspecified atom stereocenters. The van der Waals surface area contributed by atoms with Gasteiger partial charge in [-0.1, -0.05) is 12.1 Å². The summed E-state index contributed by atoms with van der Waals surface area (Å²) in [5.74, 6) is 1.18. The van der Waals surface area contributed by atoms with Gasteiger partial charge < -0.3 is 20.9 Å². The highest BCUT2D eigenvalue weighted by Crippen LogP contribution is 2.22. The Morgan fingerprint density at radius 3 is 2.74 bits per heavy atom. The van der Waals surface area contributed by atoms with Gasteiger partial charge in [0.25, 0.3) is 0 Å². The highest BCUT2D eigenvalue weighted by atomic mass is 79.9. The molecule has 27 heavy (non-hydrogen) atoms. The highest BCUT2D eigenvalue weighted by Gasteiger charge is 2.06. The normalized spacial score (nSPS) is 10.4. The number of carbonyl (C=O) groups excluding carboxylic acids is 1. The summed E-state index contributed by atoms with van der Waals surface area (Å²) in [6.45, 7) is 0.714. The zero-order valence-electron chi connectivity index (χ0n) is 14.8. The number of H-pyrrole nitrogens is 1. The van der Waals surface area contributed by atoms with Crippen LogP contribution in [0.3, 0.4) is 0 Å². The van der Waals surface area contributed by atoms with Crippen molar-refractivity contribution in [1.82, 2.24) is 25.3 Å². The number of imidazole rings is 1. The number of likely N-dealkylation sites (N-methyl/N-ethyl adjacent to an activating group) is 1. The first-order valence-corrected chi connectivity index (χ1v) is 9.23. The Labute approximate surface area is 165 Å². The molecule has 9 heteroatoms. The molecule has 2 heterocycles. The molecule has 0 aliphatic carbocycles. The zero-order chi connectivity index (χ0) is 19.1. The number of halogens is 1. The van der Waals surface area contributed by atoms with Crippen molar-refractivity contribution in [1.29, 1.82) is 0 Å². The van der Waals surface area contributed by atoms with E-state index in [9.17, 15) is 4.79 Å². The number of amides is 1. The summed E-state index contributed by atoms with van der Waals surface area (Å²) >= 11 is 3.46. The van der Waals surface area contributed by atoms with Gasteiger partial charge in [-0.15, -0.1) is 0 Å². The molecule has 0 saturated carbocycles. The zero-order valence-corrected chi connectivity index (χ0v) is 16.4. The maximum atomic E-state index is 11.4. The summed E-state index contributed by atoms with van der Waals surface area (Å²) in [7, 11) is 1.63. The maximum absolute atomic E-state index is 11.4. The Balaban J connectivity index is 1.60. The molecule has 4 N–H and O–H groups in total. The largest absolute Gasteiger partial charge is 0.369 e. The van der Waals surface area contributed by atoms with Crippen molar-refractivity contribution < 1.29 is 4.79 Å². The third kappa shape index (κ3) is 5.52. The predicted molar refractivity (Wildman–Crippen MR) is 108 cm³/mol. The lowest BCUT2D eigenvalue weighted by molar-refractivity contribution is -0.119. The van der Waals surface area contributed by atoms with Crippen LogP contribution in [0, 0.1) is 0 Å². The van der Waals surface area contributed by atoms with Crippen molar-refractivity contribution in [2.24, 2.45) is 0 Å². The molecule has 0 atom stereocenters. The molecule has 8 nitrogen and oxygen atoms in total. The average molecular weight is 430 g/mol. The topological polar surface area (TPSA) is 108 Å². The van der Waals surface area contributed by atoms with Crippen LogP contribution in [-0.4, -0.2) is 39.4 Å². The Morgan fingerprint density at radius 2 is 2.04 bits per heavy atom. The molecule has 1 aromatic carbocycles. The van der Waals surface area contributed by atoms with Gasteiger partial charge in [-0.3, -0.25) is 4.79 Å². The SMILES string of the molecule is CNC(=O)Cc1ccc(Nc2ncc(Br)c(NCCc3cnc[nH]3)n2)cc1. The number of benzene rings is 1. The van der Waals surface area contributed by atoms with E-state index in [4.69, 9.17) is 0 Å². The minimum atomic E-state index is -0.0159. The fourth-order valence-electron chi connectivity index (χ4n) is 2.40. The number of anilines is 3. The predicted octanol–water partition coefficient (Wildman–Crippen LogP) is 2.65. The van der Waals surface area contributed by atoms with Gasteiger partial charge in [0.05, 0.1) is 17.2 Å². The number of nitrogens with one attached hydrogen (secondary N) is 4. The summed E-state index contributed by atoms with van der Waals surface area (Å²) in [5, 5.41) is 9.07. The molecule has 2 aromatic heterocycles. The highest BCUT2D eigenvalue weighted by molar-refractivity contribution is 9.10. The van der Waals surface area contributed by atoms with Crippen molar-refractivity contribution in [3.63, 3.8) is 0 Å². The van der Waals surface area contributed by atoms with Crippen molar-refractivity contribution in [2.75, 3.05) is 24.2 Å². The number of hydrogen-bond acceptors (Lipinski definition) is 6. The fourth-order valence-corrected chi connectivity index (χ4v) is 2.73. The van der Waals surface area contributed by atoms with Crippen molar-refractivity contribution in [3.8, 4) is 0 Å². The Bertz CT molecular complexity index is 881. The van der Waals surface area contributed by atoms with E-state index in [1.165, 1.54) is 0 Å². The first-order chi connectivity index (χ1) is 13.1. The lowest BCUT2D eigenvalue weighted by Crippen LogP contribution is -2.19. The van der Waals surface area contributed by atoms with Gasteiger partial charge in [0, 0.05) is 43.8 Å². The second kappa shape index (κ2) is 9.13. The van der Waals surface area contributed by atoms with Gasteiger partial charge in [-0.05, 0) is 33.6 Å². The van der Waals surface area contributed by atoms with Gasteiger partial charge in [-0.2, -0.15) is 4.98 Å². The Kier molecular flexibility index (Phi) is 6.37. The second-order valence-electron chi connectivity index (χ2n) is 5.82. The van der Waals surface area contributed by atoms with Crippen LogP contribution < -0.4 is 16.0 Å². The summed E-state index contributed by atoms with van der Waals surface area (Å²) in [4.78, 5) is 27.3. The van der Waals surface area contributed by atoms with Crippen LogP contribution in [0.5, 0.6) is 0 Å². The average Bonchev–Trinajstić information content (AvgIpc) is 3.19. The lowest BCUT2D eigenvalue weighted by Gasteiger charge is -2.10. The van der Waals surface area contributed by atoms with Crippen LogP contribution in [0.1, 0.15) is 11.3 Å². The molecule has 1 amide bonds. The molecule has 0 bridgehead atoms. The first kappa shape index (κ1) is 18.8. The summed E-state index contributed by atoms with van der Waals surface area (Å²) in [5.41, 5.74) is 2.85. The van der Waals surface area contributed by atoms with Crippen LogP contribution in [0.15, 0.2) is 47.5 Å². The van der Waals surface area contributed by atoms with E-state index in [1.54, 1.807) is 25.8 Å². The van der Waals surface area contributed by atoms with Crippen LogP contribution in [-0.2, 0) is 17.6 Å². The fraction of sp³-hybridized carbons (Fsp3) is 0.222. The van der Waals surface area contributed by atoms with E-state index in [0.717, 1.165) is 27.8 Å². The maximum Gasteiger partial charge on any atom is 0.229 e. The van der Waals surface area contributed by atoms with Crippen LogP contribution in [0.2, 0.25) is 0 Å². The van der Waals surface area contributed by atoms with Crippen LogP contribution in [0.4, 0.5) is 17.5 Å². The van der Waals surface area contributed by atoms with E-state index in [0.29, 0.717) is 24.7 Å². The third-order valence-corrected chi connectivity index (χ3v) is 4.42. The monoisotopic (exact) mass is 429 g/mol. The van der Waals surface area contributed by atoms with Crippen molar-refractivity contribution in [3.05, 3.63) is 58.7 Å². The molecule has 0 saturated heterocycles. The van der Waals surface area contributed by atoms with Gasteiger partial charge in [0.15, 0.2) is 0 Å². The number of nitrogens with zero attached hydrogens (tertiary/aromatic N) is 3. The molecule has 140 valence electrons. The van der Waals surface area contributed by atoms with Gasteiger partial charge in [-0.25, -0.2) is 9.97 Å². The van der Waals surface area contributed by atoms with Gasteiger partial charge in [0.1, 0.15) is 5.82 Å². The van der Waals surface area contributed by atoms with Gasteiger partial charge in [0.2, 0.25) is 11.9 Å². The molecule has 3 rings (SSSR count). The quantitative estimate of drug-likeness (QED) is 0.438. The van der Waals surface area contributed by atoms with E-state index in [2.05, 4.69) is 51.8 Å². The third-order valence-electron chi connectivity index (χ3n) is 3.84. The number of aromatic amines is 1. The number of rotatable bonds is 8. The van der Waals surface area contributed by atoms with E-state index >= 15 is 0 Å². The smallest absolute Gasteiger partial charge is 0.229 e. The van der Waals surface area contributed by atoms with E-state index in [1.807, 2.05) is 24.3 Å². The number of hydrogen-bond donors (Lipinski definition) is 4. The van der Waals surface area contributed by atoms with Crippen molar-refractivity contribution >= 4 is 39.3 Å². The molecule has 3 aromatic rings. The molecular weight excluding hydrogens is 410 g/mol. The minimum Gasteiger partial charge on any atom is -0.369 e.